The maximum atomic E-state index is 14.4. The van der Waals surface area contributed by atoms with Crippen molar-refractivity contribution in [1.29, 1.82) is 0 Å². The van der Waals surface area contributed by atoms with Gasteiger partial charge in [0.25, 0.3) is 0 Å². The van der Waals surface area contributed by atoms with Gasteiger partial charge in [-0.15, -0.1) is 0 Å². The summed E-state index contributed by atoms with van der Waals surface area (Å²) in [6.45, 7) is 0. The van der Waals surface area contributed by atoms with Crippen LogP contribution in [0.5, 0.6) is 0 Å². The van der Waals surface area contributed by atoms with E-state index >= 15 is 0 Å². The van der Waals surface area contributed by atoms with Crippen LogP contribution in [0.1, 0.15) is 51.4 Å². The van der Waals surface area contributed by atoms with Crippen LogP contribution in [0.4, 0.5) is 26.3 Å². The van der Waals surface area contributed by atoms with Gasteiger partial charge in [-0.25, -0.2) is 0 Å². The molecular formula is C19H30F6N4. The Labute approximate surface area is 167 Å². The first-order valence-corrected chi connectivity index (χ1v) is 9.97. The topological polar surface area (TPSA) is 76.8 Å². The summed E-state index contributed by atoms with van der Waals surface area (Å²) >= 11 is 0. The summed E-state index contributed by atoms with van der Waals surface area (Å²) in [6, 6.07) is 0. The van der Waals surface area contributed by atoms with Crippen LogP contribution in [0.25, 0.3) is 0 Å². The van der Waals surface area contributed by atoms with Gasteiger partial charge in [0.15, 0.2) is 5.41 Å². The molecule has 29 heavy (non-hydrogen) atoms. The molecule has 0 heterocycles. The van der Waals surface area contributed by atoms with E-state index in [9.17, 15) is 26.3 Å². The largest absolute Gasteiger partial charge is 0.403 e. The number of nitrogens with zero attached hydrogens (tertiary/aromatic N) is 2. The second-order valence-corrected chi connectivity index (χ2v) is 8.28. The minimum atomic E-state index is -5.43. The number of halogens is 6. The molecular weight excluding hydrogens is 398 g/mol. The van der Waals surface area contributed by atoms with Crippen LogP contribution in [0.2, 0.25) is 0 Å². The number of nitrogens with two attached hydrogens (primary N) is 2. The van der Waals surface area contributed by atoms with Gasteiger partial charge in [-0.2, -0.15) is 26.3 Å². The highest BCUT2D eigenvalue weighted by atomic mass is 19.4. The van der Waals surface area contributed by atoms with Crippen molar-refractivity contribution in [3.05, 3.63) is 0 Å². The normalized spacial score (nSPS) is 31.0. The van der Waals surface area contributed by atoms with Gasteiger partial charge in [0.2, 0.25) is 0 Å². The maximum Gasteiger partial charge on any atom is 0.403 e. The number of hydrogen-bond acceptors (Lipinski definition) is 2. The Balaban J connectivity index is 2.54. The standard InChI is InChI=1S/C19H30F6N4/c1-28-15(26)11-5-3-7-13(9-11)17(18(20,21)22,19(23,24)25)14-8-4-6-12(10-14)16(27)29-2/h11-14H,3-10H2,1-2H3,(H2,26,28)(H2,27,29). The molecule has 4 unspecified atom stereocenters. The zero-order valence-electron chi connectivity index (χ0n) is 16.8. The molecule has 0 aromatic rings. The van der Waals surface area contributed by atoms with Crippen molar-refractivity contribution in [2.75, 3.05) is 14.1 Å². The molecule has 168 valence electrons. The molecule has 2 saturated carbocycles. The van der Waals surface area contributed by atoms with E-state index in [-0.39, 0.29) is 50.2 Å². The molecule has 2 rings (SSSR count). The highest BCUT2D eigenvalue weighted by molar-refractivity contribution is 5.83. The van der Waals surface area contributed by atoms with Crippen molar-refractivity contribution in [2.45, 2.75) is 63.7 Å². The molecule has 2 aliphatic carbocycles. The summed E-state index contributed by atoms with van der Waals surface area (Å²) < 4.78 is 86.5. The first-order valence-electron chi connectivity index (χ1n) is 9.97. The fourth-order valence-corrected chi connectivity index (χ4v) is 5.53. The van der Waals surface area contributed by atoms with E-state index in [2.05, 4.69) is 9.98 Å². The van der Waals surface area contributed by atoms with Crippen molar-refractivity contribution in [3.63, 3.8) is 0 Å². The minimum Gasteiger partial charge on any atom is -0.387 e. The van der Waals surface area contributed by atoms with Crippen molar-refractivity contribution in [1.82, 2.24) is 0 Å². The fraction of sp³-hybridized carbons (Fsp3) is 0.895. The molecule has 0 spiro atoms. The highest BCUT2D eigenvalue weighted by Gasteiger charge is 2.76. The quantitative estimate of drug-likeness (QED) is 0.387. The Morgan fingerprint density at radius 2 is 1.03 bits per heavy atom. The van der Waals surface area contributed by atoms with Crippen molar-refractivity contribution >= 4 is 11.7 Å². The number of amidine groups is 2. The predicted molar refractivity (Wildman–Crippen MR) is 101 cm³/mol. The van der Waals surface area contributed by atoms with Crippen LogP contribution in [0.3, 0.4) is 0 Å². The van der Waals surface area contributed by atoms with Gasteiger partial charge >= 0.3 is 12.4 Å². The Morgan fingerprint density at radius 1 is 0.690 bits per heavy atom. The number of hydrogen-bond donors (Lipinski definition) is 2. The lowest BCUT2D eigenvalue weighted by Crippen LogP contribution is -2.61. The molecule has 4 N–H and O–H groups in total. The smallest absolute Gasteiger partial charge is 0.387 e. The van der Waals surface area contributed by atoms with Gasteiger partial charge in [0.05, 0.1) is 11.7 Å². The SMILES string of the molecule is CN=C(N)C1CCCC(C(C2CCCC(C(N)=NC)C2)(C(F)(F)F)C(F)(F)F)C1. The summed E-state index contributed by atoms with van der Waals surface area (Å²) in [6.07, 6.45) is -10.2. The molecule has 4 nitrogen and oxygen atoms in total. The summed E-state index contributed by atoms with van der Waals surface area (Å²) in [5.74, 6) is -4.07. The van der Waals surface area contributed by atoms with E-state index in [1.807, 2.05) is 0 Å². The molecule has 0 aromatic heterocycles. The van der Waals surface area contributed by atoms with Crippen molar-refractivity contribution < 1.29 is 26.3 Å². The summed E-state index contributed by atoms with van der Waals surface area (Å²) in [5, 5.41) is 0. The van der Waals surface area contributed by atoms with Crippen LogP contribution < -0.4 is 11.5 Å². The second kappa shape index (κ2) is 8.71. The molecule has 0 radical (unpaired) electrons. The molecule has 10 heteroatoms. The average Bonchev–Trinajstić information content (AvgIpc) is 2.65. The Hall–Kier alpha value is -1.48. The summed E-state index contributed by atoms with van der Waals surface area (Å²) in [7, 11) is 2.80. The lowest BCUT2D eigenvalue weighted by molar-refractivity contribution is -0.382. The first kappa shape index (κ1) is 23.8. The van der Waals surface area contributed by atoms with E-state index in [1.165, 1.54) is 14.1 Å². The van der Waals surface area contributed by atoms with Crippen LogP contribution in [0, 0.1) is 29.1 Å². The molecule has 2 aliphatic rings. The molecule has 0 bridgehead atoms. The van der Waals surface area contributed by atoms with E-state index < -0.39 is 41.4 Å². The zero-order valence-corrected chi connectivity index (χ0v) is 16.8. The summed E-state index contributed by atoms with van der Waals surface area (Å²) in [5.41, 5.74) is 7.79. The van der Waals surface area contributed by atoms with Crippen LogP contribution in [0.15, 0.2) is 9.98 Å². The van der Waals surface area contributed by atoms with Crippen LogP contribution in [-0.4, -0.2) is 38.1 Å². The summed E-state index contributed by atoms with van der Waals surface area (Å²) in [4.78, 5) is 7.62. The number of rotatable bonds is 4. The lowest BCUT2D eigenvalue weighted by atomic mass is 9.55. The first-order chi connectivity index (χ1) is 13.4. The molecule has 0 aromatic carbocycles. The third-order valence-corrected chi connectivity index (χ3v) is 6.93. The average molecular weight is 428 g/mol. The van der Waals surface area contributed by atoms with Gasteiger partial charge < -0.3 is 11.5 Å². The monoisotopic (exact) mass is 428 g/mol. The van der Waals surface area contributed by atoms with Gasteiger partial charge in [-0.3, -0.25) is 9.98 Å². The lowest BCUT2D eigenvalue weighted by Gasteiger charge is -2.52. The van der Waals surface area contributed by atoms with Crippen molar-refractivity contribution in [3.8, 4) is 0 Å². The molecule has 0 amide bonds. The van der Waals surface area contributed by atoms with Gasteiger partial charge in [-0.05, 0) is 50.4 Å². The van der Waals surface area contributed by atoms with Gasteiger partial charge in [-0.1, -0.05) is 12.8 Å². The van der Waals surface area contributed by atoms with E-state index in [0.29, 0.717) is 12.8 Å². The van der Waals surface area contributed by atoms with E-state index in [0.717, 1.165) is 0 Å². The number of aliphatic imine (C=N–C) groups is 2. The van der Waals surface area contributed by atoms with Crippen molar-refractivity contribution in [2.24, 2.45) is 50.5 Å². The van der Waals surface area contributed by atoms with Gasteiger partial charge in [0.1, 0.15) is 0 Å². The minimum absolute atomic E-state index is 0.122. The van der Waals surface area contributed by atoms with Crippen LogP contribution >= 0.6 is 0 Å². The molecule has 0 saturated heterocycles. The maximum absolute atomic E-state index is 14.4. The highest BCUT2D eigenvalue weighted by Crippen LogP contribution is 2.65. The third-order valence-electron chi connectivity index (χ3n) is 6.93. The van der Waals surface area contributed by atoms with Crippen LogP contribution in [-0.2, 0) is 0 Å². The fourth-order valence-electron chi connectivity index (χ4n) is 5.53. The Morgan fingerprint density at radius 3 is 1.31 bits per heavy atom. The van der Waals surface area contributed by atoms with Gasteiger partial charge in [0, 0.05) is 25.9 Å². The molecule has 2 fully saturated rings. The predicted octanol–water partition coefficient (Wildman–Crippen LogP) is 4.68. The second-order valence-electron chi connectivity index (χ2n) is 8.28. The number of alkyl halides is 6. The van der Waals surface area contributed by atoms with E-state index in [1.54, 1.807) is 0 Å². The molecule has 0 aliphatic heterocycles. The Kier molecular flexibility index (Phi) is 7.15. The Bertz CT molecular complexity index is 571. The molecule has 4 atom stereocenters. The van der Waals surface area contributed by atoms with E-state index in [4.69, 9.17) is 11.5 Å². The zero-order chi connectivity index (χ0) is 22.0. The third kappa shape index (κ3) is 4.35.